The van der Waals surface area contributed by atoms with Crippen LogP contribution >= 0.6 is 0 Å². The van der Waals surface area contributed by atoms with E-state index in [1.807, 2.05) is 0 Å². The van der Waals surface area contributed by atoms with Crippen LogP contribution in [0.25, 0.3) is 0 Å². The molecule has 0 unspecified atom stereocenters. The van der Waals surface area contributed by atoms with Gasteiger partial charge in [0.1, 0.15) is 5.75 Å². The normalized spacial score (nSPS) is 22.0. The van der Waals surface area contributed by atoms with E-state index in [1.54, 1.807) is 42.5 Å². The van der Waals surface area contributed by atoms with Crippen molar-refractivity contribution < 1.29 is 29.0 Å². The number of rotatable bonds is 6. The van der Waals surface area contributed by atoms with Gasteiger partial charge in [0.15, 0.2) is 0 Å². The number of benzene rings is 2. The molecule has 0 aliphatic carbocycles. The highest BCUT2D eigenvalue weighted by atomic mass is 16.5. The molecule has 39 heavy (non-hydrogen) atoms. The van der Waals surface area contributed by atoms with E-state index < -0.39 is 28.9 Å². The van der Waals surface area contributed by atoms with Crippen molar-refractivity contribution in [3.63, 3.8) is 0 Å². The first-order valence-corrected chi connectivity index (χ1v) is 12.9. The minimum Gasteiger partial charge on any atom is -0.497 e. The fraction of sp³-hybridized carbons (Fsp3) is 0.379. The highest BCUT2D eigenvalue weighted by Gasteiger charge is 2.48. The number of hydrogen-bond acceptors (Lipinski definition) is 6. The molecule has 4 amide bonds. The lowest BCUT2D eigenvalue weighted by atomic mass is 9.72. The number of aliphatic carboxylic acids is 1. The highest BCUT2D eigenvalue weighted by molar-refractivity contribution is 6.10. The molecule has 3 heterocycles. The summed E-state index contributed by atoms with van der Waals surface area (Å²) in [5.74, 6) is 4.65. The van der Waals surface area contributed by atoms with Crippen molar-refractivity contribution in [2.24, 2.45) is 0 Å². The fourth-order valence-corrected chi connectivity index (χ4v) is 5.54. The molecule has 3 aliphatic heterocycles. The lowest BCUT2D eigenvalue weighted by molar-refractivity contribution is -0.146. The van der Waals surface area contributed by atoms with Gasteiger partial charge in [0, 0.05) is 17.7 Å². The summed E-state index contributed by atoms with van der Waals surface area (Å²) in [5.41, 5.74) is -0.0388. The highest BCUT2D eigenvalue weighted by Crippen LogP contribution is 2.36. The number of piperidine rings is 1. The molecule has 2 saturated heterocycles. The Labute approximate surface area is 226 Å². The Balaban J connectivity index is 1.39. The lowest BCUT2D eigenvalue weighted by Crippen LogP contribution is -2.54. The summed E-state index contributed by atoms with van der Waals surface area (Å²) in [4.78, 5) is 54.1. The Hall–Kier alpha value is -4.36. The molecule has 0 aromatic heterocycles. The number of carboxylic acid groups (broad SMARTS) is 1. The molecular formula is C29H30N4O6. The Morgan fingerprint density at radius 1 is 1.10 bits per heavy atom. The van der Waals surface area contributed by atoms with E-state index >= 15 is 0 Å². The summed E-state index contributed by atoms with van der Waals surface area (Å²) in [5, 5.41) is 14.9. The van der Waals surface area contributed by atoms with E-state index in [4.69, 9.17) is 4.74 Å². The van der Waals surface area contributed by atoms with Gasteiger partial charge in [-0.15, -0.1) is 0 Å². The molecule has 202 valence electrons. The second kappa shape index (κ2) is 10.1. The monoisotopic (exact) mass is 530 g/mol. The lowest BCUT2D eigenvalue weighted by Gasteiger charge is -2.38. The summed E-state index contributed by atoms with van der Waals surface area (Å²) in [6, 6.07) is 11.5. The Kier molecular flexibility index (Phi) is 6.78. The first-order valence-electron chi connectivity index (χ1n) is 12.9. The maximum atomic E-state index is 13.1. The number of amides is 4. The van der Waals surface area contributed by atoms with E-state index in [-0.39, 0.29) is 19.0 Å². The fourth-order valence-electron chi connectivity index (χ4n) is 5.54. The summed E-state index contributed by atoms with van der Waals surface area (Å²) in [6.07, 6.45) is 1.04. The van der Waals surface area contributed by atoms with Gasteiger partial charge in [-0.05, 0) is 67.9 Å². The van der Waals surface area contributed by atoms with Crippen LogP contribution in [0.2, 0.25) is 0 Å². The predicted octanol–water partition coefficient (Wildman–Crippen LogP) is 1.72. The number of ether oxygens (including phenoxy) is 1. The number of urea groups is 1. The number of carbonyl (C=O) groups is 4. The molecule has 10 heteroatoms. The van der Waals surface area contributed by atoms with E-state index in [9.17, 15) is 24.3 Å². The van der Waals surface area contributed by atoms with Gasteiger partial charge in [-0.1, -0.05) is 37.0 Å². The molecule has 2 aromatic carbocycles. The van der Waals surface area contributed by atoms with Gasteiger partial charge < -0.3 is 25.0 Å². The largest absolute Gasteiger partial charge is 0.497 e. The second-order valence-electron chi connectivity index (χ2n) is 10.1. The SMILES string of the molecule is CCN1CCC(C(=O)O)(c2ccc(C#C[C@]3(CN4Cc5ccc(OC)cc5C4=O)NC(=O)NC3=O)cc2)CC1. The minimum absolute atomic E-state index is 0.137. The predicted molar refractivity (Wildman–Crippen MR) is 141 cm³/mol. The van der Waals surface area contributed by atoms with E-state index in [0.29, 0.717) is 48.4 Å². The van der Waals surface area contributed by atoms with Crippen molar-refractivity contribution in [3.05, 3.63) is 64.7 Å². The summed E-state index contributed by atoms with van der Waals surface area (Å²) in [7, 11) is 1.52. The maximum absolute atomic E-state index is 13.1. The number of likely N-dealkylation sites (tertiary alicyclic amines) is 1. The van der Waals surface area contributed by atoms with E-state index in [2.05, 4.69) is 34.3 Å². The Bertz CT molecular complexity index is 1400. The molecule has 1 atom stereocenters. The van der Waals surface area contributed by atoms with Crippen molar-refractivity contribution in [1.29, 1.82) is 0 Å². The van der Waals surface area contributed by atoms with Crippen molar-refractivity contribution in [1.82, 2.24) is 20.4 Å². The van der Waals surface area contributed by atoms with Crippen LogP contribution in [0.1, 0.15) is 46.8 Å². The molecule has 2 fully saturated rings. The second-order valence-corrected chi connectivity index (χ2v) is 10.1. The van der Waals surface area contributed by atoms with Crippen LogP contribution in [0.3, 0.4) is 0 Å². The number of imide groups is 1. The van der Waals surface area contributed by atoms with Crippen LogP contribution in [0.15, 0.2) is 42.5 Å². The molecule has 3 N–H and O–H groups in total. The average molecular weight is 531 g/mol. The number of nitrogens with one attached hydrogen (secondary N) is 2. The van der Waals surface area contributed by atoms with Gasteiger partial charge in [-0.25, -0.2) is 4.79 Å². The van der Waals surface area contributed by atoms with Crippen molar-refractivity contribution in [3.8, 4) is 17.6 Å². The molecule has 0 bridgehead atoms. The third kappa shape index (κ3) is 4.70. The molecule has 10 nitrogen and oxygen atoms in total. The number of hydrogen-bond donors (Lipinski definition) is 3. The van der Waals surface area contributed by atoms with Gasteiger partial charge in [-0.2, -0.15) is 0 Å². The molecule has 3 aliphatic rings. The first kappa shape index (κ1) is 26.3. The van der Waals surface area contributed by atoms with Crippen molar-refractivity contribution in [2.75, 3.05) is 33.3 Å². The van der Waals surface area contributed by atoms with Crippen LogP contribution in [0.4, 0.5) is 4.79 Å². The Morgan fingerprint density at radius 3 is 2.41 bits per heavy atom. The number of carboxylic acids is 1. The molecule has 0 spiro atoms. The topological polar surface area (TPSA) is 128 Å². The van der Waals surface area contributed by atoms with Crippen LogP contribution < -0.4 is 15.4 Å². The number of carbonyl (C=O) groups excluding carboxylic acids is 3. The van der Waals surface area contributed by atoms with Crippen molar-refractivity contribution in [2.45, 2.75) is 37.3 Å². The zero-order chi connectivity index (χ0) is 27.8. The molecule has 0 saturated carbocycles. The van der Waals surface area contributed by atoms with Gasteiger partial charge in [-0.3, -0.25) is 19.7 Å². The number of fused-ring (bicyclic) bond motifs is 1. The Morgan fingerprint density at radius 2 is 1.82 bits per heavy atom. The van der Waals surface area contributed by atoms with Gasteiger partial charge in [0.05, 0.1) is 19.1 Å². The van der Waals surface area contributed by atoms with Gasteiger partial charge in [0.25, 0.3) is 11.8 Å². The standard InChI is InChI=1S/C29H30N4O6/c1-3-32-14-12-28(13-15-32,26(36)37)21-7-4-19(5-8-21)10-11-29(25(35)30-27(38)31-29)18-33-17-20-6-9-22(39-2)16-23(20)24(33)34/h4-9,16H,3,12-15,17-18H2,1-2H3,(H,36,37)(H2,30,31,35,38)/t29-/m1/s1. The van der Waals surface area contributed by atoms with Crippen LogP contribution in [0, 0.1) is 11.8 Å². The molecule has 0 radical (unpaired) electrons. The number of nitrogens with zero attached hydrogens (tertiary/aromatic N) is 2. The van der Waals surface area contributed by atoms with E-state index in [0.717, 1.165) is 12.1 Å². The van der Waals surface area contributed by atoms with Crippen LogP contribution in [0.5, 0.6) is 5.75 Å². The minimum atomic E-state index is -1.63. The maximum Gasteiger partial charge on any atom is 0.323 e. The summed E-state index contributed by atoms with van der Waals surface area (Å²) in [6.45, 7) is 4.52. The smallest absolute Gasteiger partial charge is 0.323 e. The van der Waals surface area contributed by atoms with Gasteiger partial charge in [0.2, 0.25) is 5.54 Å². The average Bonchev–Trinajstić information content (AvgIpc) is 3.41. The molecule has 5 rings (SSSR count). The summed E-state index contributed by atoms with van der Waals surface area (Å²) < 4.78 is 5.22. The van der Waals surface area contributed by atoms with Crippen molar-refractivity contribution >= 4 is 23.8 Å². The zero-order valence-electron chi connectivity index (χ0n) is 21.9. The molecular weight excluding hydrogens is 500 g/mol. The van der Waals surface area contributed by atoms with Gasteiger partial charge >= 0.3 is 12.0 Å². The van der Waals surface area contributed by atoms with Crippen LogP contribution in [-0.2, 0) is 21.5 Å². The zero-order valence-corrected chi connectivity index (χ0v) is 21.9. The first-order chi connectivity index (χ1) is 18.7. The third-order valence-corrected chi connectivity index (χ3v) is 7.99. The third-order valence-electron chi connectivity index (χ3n) is 7.99. The van der Waals surface area contributed by atoms with E-state index in [1.165, 1.54) is 12.0 Å². The van der Waals surface area contributed by atoms with Crippen LogP contribution in [-0.4, -0.2) is 77.5 Å². The quantitative estimate of drug-likeness (QED) is 0.383. The summed E-state index contributed by atoms with van der Waals surface area (Å²) >= 11 is 0. The molecule has 2 aromatic rings. The number of methoxy groups -OCH3 is 1.